The Morgan fingerprint density at radius 2 is 1.95 bits per heavy atom. The van der Waals surface area contributed by atoms with Gasteiger partial charge in [-0.15, -0.1) is 11.3 Å². The fourth-order valence-electron chi connectivity index (χ4n) is 2.50. The van der Waals surface area contributed by atoms with Crippen LogP contribution in [-0.2, 0) is 13.0 Å². The zero-order valence-corrected chi connectivity index (χ0v) is 13.7. The molecule has 2 unspecified atom stereocenters. The van der Waals surface area contributed by atoms with Gasteiger partial charge in [0.2, 0.25) is 0 Å². The molecule has 0 radical (unpaired) electrons. The molecular formula is C15H27N3S. The summed E-state index contributed by atoms with van der Waals surface area (Å²) in [5.74, 6) is 1.57. The van der Waals surface area contributed by atoms with Crippen LogP contribution < -0.4 is 10.2 Å². The van der Waals surface area contributed by atoms with E-state index in [1.807, 2.05) is 11.3 Å². The van der Waals surface area contributed by atoms with Crippen molar-refractivity contribution in [2.75, 3.05) is 18.0 Å². The number of nitrogens with one attached hydrogen (secondary N) is 1. The maximum Gasteiger partial charge on any atom is 0.185 e. The van der Waals surface area contributed by atoms with Gasteiger partial charge in [-0.25, -0.2) is 4.98 Å². The van der Waals surface area contributed by atoms with E-state index in [0.717, 1.165) is 37.9 Å². The van der Waals surface area contributed by atoms with Gasteiger partial charge in [-0.2, -0.15) is 0 Å². The molecule has 1 aromatic heterocycles. The van der Waals surface area contributed by atoms with E-state index >= 15 is 0 Å². The van der Waals surface area contributed by atoms with Crippen molar-refractivity contribution in [3.05, 3.63) is 10.6 Å². The molecule has 0 aromatic carbocycles. The average Bonchev–Trinajstić information content (AvgIpc) is 2.91. The van der Waals surface area contributed by atoms with Crippen LogP contribution in [0.4, 0.5) is 5.13 Å². The quantitative estimate of drug-likeness (QED) is 0.897. The van der Waals surface area contributed by atoms with Gasteiger partial charge >= 0.3 is 0 Å². The van der Waals surface area contributed by atoms with E-state index in [1.54, 1.807) is 0 Å². The standard InChI is InChI=1S/C15H27N3S/c1-6-13-14(7-16-10(2)3)19-15(17-13)18-8-11(4)12(5)9-18/h10-12,16H,6-9H2,1-5H3. The lowest BCUT2D eigenvalue weighted by molar-refractivity contribution is 0.494. The van der Waals surface area contributed by atoms with Crippen LogP contribution in [0.1, 0.15) is 45.2 Å². The maximum atomic E-state index is 4.86. The van der Waals surface area contributed by atoms with Gasteiger partial charge in [-0.1, -0.05) is 34.6 Å². The fourth-order valence-corrected chi connectivity index (χ4v) is 3.62. The van der Waals surface area contributed by atoms with Crippen LogP contribution in [0.3, 0.4) is 0 Å². The first-order chi connectivity index (χ1) is 9.01. The summed E-state index contributed by atoms with van der Waals surface area (Å²) in [6, 6.07) is 0.530. The summed E-state index contributed by atoms with van der Waals surface area (Å²) in [4.78, 5) is 8.75. The van der Waals surface area contributed by atoms with Crippen molar-refractivity contribution in [2.45, 2.75) is 53.6 Å². The maximum absolute atomic E-state index is 4.86. The van der Waals surface area contributed by atoms with E-state index in [4.69, 9.17) is 4.98 Å². The average molecular weight is 281 g/mol. The topological polar surface area (TPSA) is 28.2 Å². The van der Waals surface area contributed by atoms with Gasteiger partial charge in [-0.05, 0) is 18.3 Å². The molecule has 0 aliphatic carbocycles. The number of rotatable bonds is 5. The van der Waals surface area contributed by atoms with Gasteiger partial charge in [0.1, 0.15) is 0 Å². The van der Waals surface area contributed by atoms with Gasteiger partial charge in [0, 0.05) is 30.6 Å². The number of aryl methyl sites for hydroxylation is 1. The molecule has 0 bridgehead atoms. The van der Waals surface area contributed by atoms with Crippen LogP contribution >= 0.6 is 11.3 Å². The summed E-state index contributed by atoms with van der Waals surface area (Å²) in [5, 5.41) is 4.74. The van der Waals surface area contributed by atoms with Crippen molar-refractivity contribution in [3.63, 3.8) is 0 Å². The van der Waals surface area contributed by atoms with Gasteiger partial charge in [0.25, 0.3) is 0 Å². The molecule has 19 heavy (non-hydrogen) atoms. The van der Waals surface area contributed by atoms with Crippen LogP contribution in [0, 0.1) is 11.8 Å². The third-order valence-corrected chi connectivity index (χ3v) is 5.19. The van der Waals surface area contributed by atoms with E-state index in [1.165, 1.54) is 15.7 Å². The molecule has 1 saturated heterocycles. The Kier molecular flexibility index (Phi) is 4.85. The van der Waals surface area contributed by atoms with Crippen LogP contribution in [0.5, 0.6) is 0 Å². The largest absolute Gasteiger partial charge is 0.348 e. The molecule has 2 rings (SSSR count). The Bertz CT molecular complexity index is 404. The number of thiazole rings is 1. The highest BCUT2D eigenvalue weighted by Crippen LogP contribution is 2.32. The minimum Gasteiger partial charge on any atom is -0.348 e. The summed E-state index contributed by atoms with van der Waals surface area (Å²) in [7, 11) is 0. The van der Waals surface area contributed by atoms with Crippen molar-refractivity contribution in [3.8, 4) is 0 Å². The minimum atomic E-state index is 0.530. The zero-order valence-electron chi connectivity index (χ0n) is 12.9. The van der Waals surface area contributed by atoms with E-state index in [2.05, 4.69) is 44.8 Å². The van der Waals surface area contributed by atoms with Crippen molar-refractivity contribution < 1.29 is 0 Å². The van der Waals surface area contributed by atoms with Crippen molar-refractivity contribution >= 4 is 16.5 Å². The van der Waals surface area contributed by atoms with E-state index in [0.29, 0.717) is 6.04 Å². The SMILES string of the molecule is CCc1nc(N2CC(C)C(C)C2)sc1CNC(C)C. The van der Waals surface area contributed by atoms with Crippen LogP contribution in [0.2, 0.25) is 0 Å². The summed E-state index contributed by atoms with van der Waals surface area (Å²) in [6.07, 6.45) is 1.03. The molecule has 4 heteroatoms. The molecular weight excluding hydrogens is 254 g/mol. The monoisotopic (exact) mass is 281 g/mol. The first-order valence-corrected chi connectivity index (χ1v) is 8.29. The van der Waals surface area contributed by atoms with Crippen LogP contribution in [0.25, 0.3) is 0 Å². The van der Waals surface area contributed by atoms with Crippen molar-refractivity contribution in [1.29, 1.82) is 0 Å². The lowest BCUT2D eigenvalue weighted by atomic mass is 10.0. The minimum absolute atomic E-state index is 0.530. The van der Waals surface area contributed by atoms with E-state index in [9.17, 15) is 0 Å². The highest BCUT2D eigenvalue weighted by Gasteiger charge is 2.28. The van der Waals surface area contributed by atoms with Gasteiger partial charge < -0.3 is 10.2 Å². The molecule has 2 heterocycles. The smallest absolute Gasteiger partial charge is 0.185 e. The summed E-state index contributed by atoms with van der Waals surface area (Å²) in [5.41, 5.74) is 1.28. The van der Waals surface area contributed by atoms with Gasteiger partial charge in [0.15, 0.2) is 5.13 Å². The predicted octanol–water partition coefficient (Wildman–Crippen LogP) is 3.30. The molecule has 1 aromatic rings. The molecule has 1 N–H and O–H groups in total. The second-order valence-electron chi connectivity index (χ2n) is 6.12. The van der Waals surface area contributed by atoms with E-state index < -0.39 is 0 Å². The highest BCUT2D eigenvalue weighted by atomic mass is 32.1. The first-order valence-electron chi connectivity index (χ1n) is 7.48. The second-order valence-corrected chi connectivity index (χ2v) is 7.18. The molecule has 108 valence electrons. The predicted molar refractivity (Wildman–Crippen MR) is 84.0 cm³/mol. The molecule has 0 spiro atoms. The molecule has 0 amide bonds. The Morgan fingerprint density at radius 3 is 2.47 bits per heavy atom. The molecule has 0 saturated carbocycles. The number of aromatic nitrogens is 1. The Balaban J connectivity index is 2.10. The van der Waals surface area contributed by atoms with Crippen LogP contribution in [-0.4, -0.2) is 24.1 Å². The lowest BCUT2D eigenvalue weighted by Crippen LogP contribution is -2.21. The third-order valence-electron chi connectivity index (χ3n) is 4.03. The third kappa shape index (κ3) is 3.48. The Hall–Kier alpha value is -0.610. The summed E-state index contributed by atoms with van der Waals surface area (Å²) >= 11 is 1.88. The molecule has 1 aliphatic heterocycles. The molecule has 1 fully saturated rings. The number of hydrogen-bond acceptors (Lipinski definition) is 4. The van der Waals surface area contributed by atoms with E-state index in [-0.39, 0.29) is 0 Å². The fraction of sp³-hybridized carbons (Fsp3) is 0.800. The number of nitrogens with zero attached hydrogens (tertiary/aromatic N) is 2. The van der Waals surface area contributed by atoms with Crippen LogP contribution in [0.15, 0.2) is 0 Å². The number of hydrogen-bond donors (Lipinski definition) is 1. The molecule has 2 atom stereocenters. The van der Waals surface area contributed by atoms with Crippen molar-refractivity contribution in [2.24, 2.45) is 11.8 Å². The summed E-state index contributed by atoms with van der Waals surface area (Å²) < 4.78 is 0. The van der Waals surface area contributed by atoms with Crippen molar-refractivity contribution in [1.82, 2.24) is 10.3 Å². The lowest BCUT2D eigenvalue weighted by Gasteiger charge is -2.13. The van der Waals surface area contributed by atoms with Gasteiger partial charge in [0.05, 0.1) is 5.69 Å². The van der Waals surface area contributed by atoms with Gasteiger partial charge in [-0.3, -0.25) is 0 Å². The summed E-state index contributed by atoms with van der Waals surface area (Å²) in [6.45, 7) is 14.6. The highest BCUT2D eigenvalue weighted by molar-refractivity contribution is 7.15. The normalized spacial score (nSPS) is 23.6. The second kappa shape index (κ2) is 6.23. The Labute approximate surface area is 121 Å². The molecule has 1 aliphatic rings. The number of anilines is 1. The first kappa shape index (κ1) is 14.8. The Morgan fingerprint density at radius 1 is 1.32 bits per heavy atom. The zero-order chi connectivity index (χ0) is 14.0. The molecule has 3 nitrogen and oxygen atoms in total.